The highest BCUT2D eigenvalue weighted by Crippen LogP contribution is 2.33. The summed E-state index contributed by atoms with van der Waals surface area (Å²) in [6, 6.07) is 11.4. The highest BCUT2D eigenvalue weighted by atomic mass is 35.5. The van der Waals surface area contributed by atoms with E-state index in [1.165, 1.54) is 18.2 Å². The van der Waals surface area contributed by atoms with E-state index in [0.717, 1.165) is 12.1 Å². The van der Waals surface area contributed by atoms with Crippen LogP contribution in [-0.4, -0.2) is 25.8 Å². The molecule has 2 atom stereocenters. The molecule has 0 spiro atoms. The van der Waals surface area contributed by atoms with Gasteiger partial charge in [-0.2, -0.15) is 0 Å². The lowest BCUT2D eigenvalue weighted by Gasteiger charge is -2.32. The summed E-state index contributed by atoms with van der Waals surface area (Å²) in [5.74, 6) is -0.122. The van der Waals surface area contributed by atoms with Crippen molar-refractivity contribution in [3.05, 3.63) is 63.9 Å². The zero-order valence-corrected chi connectivity index (χ0v) is 13.8. The first kappa shape index (κ1) is 16.5. The third-order valence-corrected chi connectivity index (χ3v) is 4.17. The number of morpholine rings is 1. The summed E-state index contributed by atoms with van der Waals surface area (Å²) >= 11 is 12.2. The SMILES string of the molecule is Fc1ccc(Cl)c(O[C@@H](c2cccc(Cl)c2)C2CNCCO2)c1. The molecule has 23 heavy (non-hydrogen) atoms. The first-order valence-electron chi connectivity index (χ1n) is 7.33. The summed E-state index contributed by atoms with van der Waals surface area (Å²) < 4.78 is 25.3. The smallest absolute Gasteiger partial charge is 0.151 e. The summed E-state index contributed by atoms with van der Waals surface area (Å²) in [4.78, 5) is 0. The predicted molar refractivity (Wildman–Crippen MR) is 88.8 cm³/mol. The fourth-order valence-corrected chi connectivity index (χ4v) is 2.89. The fourth-order valence-electron chi connectivity index (χ4n) is 2.53. The Morgan fingerprint density at radius 2 is 2.09 bits per heavy atom. The molecule has 1 heterocycles. The summed E-state index contributed by atoms with van der Waals surface area (Å²) in [5, 5.41) is 4.22. The number of hydrogen-bond donors (Lipinski definition) is 1. The lowest BCUT2D eigenvalue weighted by Crippen LogP contribution is -2.43. The molecule has 122 valence electrons. The van der Waals surface area contributed by atoms with Crippen molar-refractivity contribution in [1.82, 2.24) is 5.32 Å². The molecule has 2 aromatic carbocycles. The van der Waals surface area contributed by atoms with Gasteiger partial charge in [-0.15, -0.1) is 0 Å². The van der Waals surface area contributed by atoms with Gasteiger partial charge in [-0.3, -0.25) is 0 Å². The molecule has 3 rings (SSSR count). The lowest BCUT2D eigenvalue weighted by molar-refractivity contribution is -0.0432. The Bertz CT molecular complexity index is 677. The third-order valence-electron chi connectivity index (χ3n) is 3.62. The van der Waals surface area contributed by atoms with E-state index < -0.39 is 11.9 Å². The largest absolute Gasteiger partial charge is 0.481 e. The van der Waals surface area contributed by atoms with Crippen molar-refractivity contribution in [3.63, 3.8) is 0 Å². The maximum absolute atomic E-state index is 13.5. The van der Waals surface area contributed by atoms with Crippen LogP contribution in [0.5, 0.6) is 5.75 Å². The normalized spacial score (nSPS) is 19.3. The lowest BCUT2D eigenvalue weighted by atomic mass is 10.0. The Balaban J connectivity index is 1.92. The standard InChI is InChI=1S/C17H16Cl2FNO2/c18-12-3-1-2-11(8-12)17(16-10-21-6-7-22-16)23-15-9-13(20)4-5-14(15)19/h1-5,8-9,16-17,21H,6-7,10H2/t16?,17-/m0/s1. The van der Waals surface area contributed by atoms with Gasteiger partial charge in [0.2, 0.25) is 0 Å². The zero-order valence-electron chi connectivity index (χ0n) is 12.3. The van der Waals surface area contributed by atoms with Crippen LogP contribution in [0.4, 0.5) is 4.39 Å². The number of hydrogen-bond acceptors (Lipinski definition) is 3. The van der Waals surface area contributed by atoms with Crippen LogP contribution in [0.3, 0.4) is 0 Å². The second kappa shape index (κ2) is 7.49. The molecule has 1 aliphatic heterocycles. The maximum atomic E-state index is 13.5. The number of ether oxygens (including phenoxy) is 2. The maximum Gasteiger partial charge on any atom is 0.151 e. The van der Waals surface area contributed by atoms with Crippen LogP contribution in [-0.2, 0) is 4.74 Å². The van der Waals surface area contributed by atoms with E-state index in [1.807, 2.05) is 18.2 Å². The van der Waals surface area contributed by atoms with Crippen molar-refractivity contribution in [1.29, 1.82) is 0 Å². The van der Waals surface area contributed by atoms with Crippen LogP contribution in [0.2, 0.25) is 10.0 Å². The summed E-state index contributed by atoms with van der Waals surface area (Å²) in [6.07, 6.45) is -0.664. The van der Waals surface area contributed by atoms with E-state index in [4.69, 9.17) is 32.7 Å². The van der Waals surface area contributed by atoms with Gasteiger partial charge in [-0.05, 0) is 29.8 Å². The average Bonchev–Trinajstić information content (AvgIpc) is 2.56. The van der Waals surface area contributed by atoms with Crippen LogP contribution in [0, 0.1) is 5.82 Å². The van der Waals surface area contributed by atoms with Gasteiger partial charge in [0.05, 0.1) is 11.6 Å². The van der Waals surface area contributed by atoms with E-state index in [0.29, 0.717) is 23.2 Å². The molecule has 1 N–H and O–H groups in total. The third kappa shape index (κ3) is 4.15. The minimum atomic E-state index is -0.444. The van der Waals surface area contributed by atoms with Crippen molar-refractivity contribution in [3.8, 4) is 5.75 Å². The molecule has 0 aliphatic carbocycles. The molecule has 0 aromatic heterocycles. The Morgan fingerprint density at radius 3 is 2.83 bits per heavy atom. The Hall–Kier alpha value is -1.33. The van der Waals surface area contributed by atoms with Crippen LogP contribution in [0.25, 0.3) is 0 Å². The molecule has 1 aliphatic rings. The molecule has 3 nitrogen and oxygen atoms in total. The van der Waals surface area contributed by atoms with Crippen LogP contribution < -0.4 is 10.1 Å². The Morgan fingerprint density at radius 1 is 1.22 bits per heavy atom. The molecule has 0 radical (unpaired) electrons. The van der Waals surface area contributed by atoms with Gasteiger partial charge in [-0.25, -0.2) is 4.39 Å². The highest BCUT2D eigenvalue weighted by Gasteiger charge is 2.28. The predicted octanol–water partition coefficient (Wildman–Crippen LogP) is 4.24. The number of halogens is 3. The minimum Gasteiger partial charge on any atom is -0.481 e. The molecule has 0 saturated carbocycles. The molecule has 2 aromatic rings. The van der Waals surface area contributed by atoms with Crippen LogP contribution in [0.15, 0.2) is 42.5 Å². The molecular formula is C17H16Cl2FNO2. The van der Waals surface area contributed by atoms with E-state index in [9.17, 15) is 4.39 Å². The van der Waals surface area contributed by atoms with Gasteiger partial charge >= 0.3 is 0 Å². The van der Waals surface area contributed by atoms with Crippen molar-refractivity contribution < 1.29 is 13.9 Å². The average molecular weight is 356 g/mol. The van der Waals surface area contributed by atoms with Gasteiger partial charge in [0, 0.05) is 24.2 Å². The molecule has 1 unspecified atom stereocenters. The van der Waals surface area contributed by atoms with Crippen molar-refractivity contribution >= 4 is 23.2 Å². The van der Waals surface area contributed by atoms with Gasteiger partial charge in [-0.1, -0.05) is 35.3 Å². The monoisotopic (exact) mass is 355 g/mol. The second-order valence-corrected chi connectivity index (χ2v) is 6.13. The number of benzene rings is 2. The van der Waals surface area contributed by atoms with Crippen molar-refractivity contribution in [2.75, 3.05) is 19.7 Å². The molecule has 6 heteroatoms. The zero-order chi connectivity index (χ0) is 16.2. The van der Waals surface area contributed by atoms with Crippen molar-refractivity contribution in [2.45, 2.75) is 12.2 Å². The highest BCUT2D eigenvalue weighted by molar-refractivity contribution is 6.32. The molecule has 0 amide bonds. The fraction of sp³-hybridized carbons (Fsp3) is 0.294. The molecule has 0 bridgehead atoms. The topological polar surface area (TPSA) is 30.5 Å². The first-order chi connectivity index (χ1) is 11.1. The molecule has 1 saturated heterocycles. The summed E-state index contributed by atoms with van der Waals surface area (Å²) in [6.45, 7) is 2.01. The molecule has 1 fully saturated rings. The number of rotatable bonds is 4. The summed E-state index contributed by atoms with van der Waals surface area (Å²) in [5.41, 5.74) is 0.853. The Kier molecular flexibility index (Phi) is 5.38. The van der Waals surface area contributed by atoms with Gasteiger partial charge in [0.15, 0.2) is 6.10 Å². The second-order valence-electron chi connectivity index (χ2n) is 5.28. The van der Waals surface area contributed by atoms with Gasteiger partial charge in [0.25, 0.3) is 0 Å². The van der Waals surface area contributed by atoms with Gasteiger partial charge in [0.1, 0.15) is 17.7 Å². The van der Waals surface area contributed by atoms with E-state index in [2.05, 4.69) is 5.32 Å². The van der Waals surface area contributed by atoms with E-state index in [-0.39, 0.29) is 11.9 Å². The molecular weight excluding hydrogens is 340 g/mol. The minimum absolute atomic E-state index is 0.221. The van der Waals surface area contributed by atoms with Crippen LogP contribution in [0.1, 0.15) is 11.7 Å². The quantitative estimate of drug-likeness (QED) is 0.889. The van der Waals surface area contributed by atoms with E-state index >= 15 is 0 Å². The van der Waals surface area contributed by atoms with Gasteiger partial charge < -0.3 is 14.8 Å². The van der Waals surface area contributed by atoms with E-state index in [1.54, 1.807) is 6.07 Å². The van der Waals surface area contributed by atoms with Crippen molar-refractivity contribution in [2.24, 2.45) is 0 Å². The number of nitrogens with one attached hydrogen (secondary N) is 1. The summed E-state index contributed by atoms with van der Waals surface area (Å²) in [7, 11) is 0. The Labute approximate surface area is 144 Å². The van der Waals surface area contributed by atoms with Crippen LogP contribution >= 0.6 is 23.2 Å². The first-order valence-corrected chi connectivity index (χ1v) is 8.08.